The molecule has 0 unspecified atom stereocenters. The Morgan fingerprint density at radius 1 is 0.886 bits per heavy atom. The van der Waals surface area contributed by atoms with Gasteiger partial charge in [-0.3, -0.25) is 4.79 Å². The van der Waals surface area contributed by atoms with E-state index in [0.717, 1.165) is 28.9 Å². The van der Waals surface area contributed by atoms with E-state index < -0.39 is 15.4 Å². The summed E-state index contributed by atoms with van der Waals surface area (Å²) >= 11 is 0. The molecule has 0 bridgehead atoms. The average Bonchev–Trinajstić information content (AvgIpc) is 3.32. The van der Waals surface area contributed by atoms with Gasteiger partial charge >= 0.3 is 0 Å². The highest BCUT2D eigenvalue weighted by Gasteiger charge is 2.25. The summed E-state index contributed by atoms with van der Waals surface area (Å²) in [6.07, 6.45) is 1.08. The van der Waals surface area contributed by atoms with Crippen LogP contribution < -0.4 is 9.47 Å². The van der Waals surface area contributed by atoms with Gasteiger partial charge in [0.15, 0.2) is 5.78 Å². The van der Waals surface area contributed by atoms with E-state index in [2.05, 4.69) is 22.1 Å². The van der Waals surface area contributed by atoms with E-state index >= 15 is 0 Å². The molecule has 1 aromatic heterocycles. The first-order valence-electron chi connectivity index (χ1n) is 10.6. The molecule has 0 aliphatic rings. The number of allylic oxidation sites excluding steroid dienone is 1. The third-order valence-electron chi connectivity index (χ3n) is 4.49. The molecule has 0 spiro atoms. The first-order valence-corrected chi connectivity index (χ1v) is 12.5. The van der Waals surface area contributed by atoms with Gasteiger partial charge < -0.3 is 9.47 Å². The van der Waals surface area contributed by atoms with Crippen molar-refractivity contribution in [2.75, 3.05) is 20.5 Å². The number of methoxy groups -OCH3 is 2. The molecule has 0 saturated carbocycles. The molecular weight excluding hydrogens is 468 g/mol. The van der Waals surface area contributed by atoms with Gasteiger partial charge in [-0.2, -0.15) is 0 Å². The lowest BCUT2D eigenvalue weighted by Crippen LogP contribution is -2.27. The van der Waals surface area contributed by atoms with Crippen LogP contribution in [0.15, 0.2) is 60.3 Å². The minimum atomic E-state index is -3.35. The standard InChI is InChI=1S/C10H12O.C9H10O2.C6H12N4O2S/c1-8(2)9-4-6-10(11-3)7-5-9;1-7(10)8-3-5-9(11-2)6-4-8;1-6(2,3)10-5(7-8-9-10)13(4,11)12/h4-7H,1H2,2-3H3;3-6H,1-2H3;1-4H3. The van der Waals surface area contributed by atoms with Crippen molar-refractivity contribution in [1.82, 2.24) is 20.2 Å². The zero-order valence-electron chi connectivity index (χ0n) is 21.6. The van der Waals surface area contributed by atoms with Gasteiger partial charge in [0, 0.05) is 11.8 Å². The maximum absolute atomic E-state index is 11.2. The molecule has 190 valence electrons. The summed E-state index contributed by atoms with van der Waals surface area (Å²) in [6, 6.07) is 14.9. The van der Waals surface area contributed by atoms with Crippen LogP contribution in [0.25, 0.3) is 5.57 Å². The fourth-order valence-corrected chi connectivity index (χ4v) is 3.34. The number of carbonyl (C=O) groups excluding carboxylic acids is 1. The molecule has 0 aliphatic heterocycles. The molecular formula is C25H34N4O5S. The van der Waals surface area contributed by atoms with Crippen molar-refractivity contribution < 1.29 is 22.7 Å². The van der Waals surface area contributed by atoms with Gasteiger partial charge in [-0.1, -0.05) is 29.4 Å². The number of rotatable bonds is 5. The summed E-state index contributed by atoms with van der Waals surface area (Å²) in [4.78, 5) is 10.8. The molecule has 10 heteroatoms. The number of hydrogen-bond acceptors (Lipinski definition) is 8. The van der Waals surface area contributed by atoms with Gasteiger partial charge in [0.1, 0.15) is 11.5 Å². The van der Waals surface area contributed by atoms with Crippen LogP contribution in [0.1, 0.15) is 50.5 Å². The van der Waals surface area contributed by atoms with Crippen LogP contribution in [0, 0.1) is 0 Å². The summed E-state index contributed by atoms with van der Waals surface area (Å²) in [5.74, 6) is 1.73. The van der Waals surface area contributed by atoms with E-state index in [1.807, 2.05) is 52.0 Å². The molecule has 3 aromatic rings. The highest BCUT2D eigenvalue weighted by atomic mass is 32.2. The fraction of sp³-hybridized carbons (Fsp3) is 0.360. The molecule has 0 radical (unpaired) electrons. The smallest absolute Gasteiger partial charge is 0.267 e. The first kappa shape index (κ1) is 29.5. The Hall–Kier alpha value is -3.53. The van der Waals surface area contributed by atoms with E-state index in [-0.39, 0.29) is 10.9 Å². The lowest BCUT2D eigenvalue weighted by Gasteiger charge is -2.18. The van der Waals surface area contributed by atoms with E-state index in [0.29, 0.717) is 5.56 Å². The molecule has 0 aliphatic carbocycles. The van der Waals surface area contributed by atoms with Gasteiger partial charge in [0.05, 0.1) is 19.8 Å². The molecule has 9 nitrogen and oxygen atoms in total. The van der Waals surface area contributed by atoms with E-state index in [1.165, 1.54) is 4.68 Å². The second-order valence-electron chi connectivity index (χ2n) is 8.61. The van der Waals surface area contributed by atoms with Gasteiger partial charge in [0.25, 0.3) is 5.16 Å². The second-order valence-corrected chi connectivity index (χ2v) is 10.5. The van der Waals surface area contributed by atoms with Crippen molar-refractivity contribution in [3.05, 3.63) is 66.2 Å². The monoisotopic (exact) mass is 502 g/mol. The quantitative estimate of drug-likeness (QED) is 0.470. The predicted molar refractivity (Wildman–Crippen MR) is 137 cm³/mol. The summed E-state index contributed by atoms with van der Waals surface area (Å²) in [6.45, 7) is 12.9. The van der Waals surface area contributed by atoms with Crippen LogP contribution in [0.4, 0.5) is 0 Å². The molecule has 0 saturated heterocycles. The summed E-state index contributed by atoms with van der Waals surface area (Å²) < 4.78 is 33.6. The molecule has 35 heavy (non-hydrogen) atoms. The lowest BCUT2D eigenvalue weighted by molar-refractivity contribution is 0.101. The number of sulfone groups is 1. The van der Waals surface area contributed by atoms with Crippen LogP contribution in [0.3, 0.4) is 0 Å². The van der Waals surface area contributed by atoms with Gasteiger partial charge in [-0.25, -0.2) is 13.1 Å². The van der Waals surface area contributed by atoms with Crippen molar-refractivity contribution in [2.24, 2.45) is 0 Å². The maximum Gasteiger partial charge on any atom is 0.267 e. The van der Waals surface area contributed by atoms with Crippen LogP contribution >= 0.6 is 0 Å². The zero-order valence-corrected chi connectivity index (χ0v) is 22.4. The van der Waals surface area contributed by atoms with Crippen LogP contribution in [0.5, 0.6) is 11.5 Å². The zero-order chi connectivity index (χ0) is 26.8. The Bertz CT molecular complexity index is 1150. The van der Waals surface area contributed by atoms with Crippen molar-refractivity contribution in [2.45, 2.75) is 45.3 Å². The third-order valence-corrected chi connectivity index (χ3v) is 5.41. The van der Waals surface area contributed by atoms with E-state index in [9.17, 15) is 13.2 Å². The Kier molecular flexibility index (Phi) is 10.8. The van der Waals surface area contributed by atoms with E-state index in [4.69, 9.17) is 9.47 Å². The SMILES string of the molecule is C=C(C)c1ccc(OC)cc1.CC(C)(C)n1nnnc1S(C)(=O)=O.COc1ccc(C(C)=O)cc1. The van der Waals surface area contributed by atoms with Crippen LogP contribution in [-0.2, 0) is 15.4 Å². The number of tetrazole rings is 1. The number of nitrogens with zero attached hydrogens (tertiary/aromatic N) is 4. The molecule has 2 aromatic carbocycles. The van der Waals surface area contributed by atoms with Gasteiger partial charge in [-0.05, 0) is 87.0 Å². The highest BCUT2D eigenvalue weighted by molar-refractivity contribution is 7.90. The van der Waals surface area contributed by atoms with Gasteiger partial charge in [0.2, 0.25) is 9.84 Å². The molecule has 1 heterocycles. The Morgan fingerprint density at radius 2 is 1.31 bits per heavy atom. The molecule has 0 fully saturated rings. The number of benzene rings is 2. The predicted octanol–water partition coefficient (Wildman–Crippen LogP) is 4.46. The number of hydrogen-bond donors (Lipinski definition) is 0. The van der Waals surface area contributed by atoms with E-state index in [1.54, 1.807) is 45.4 Å². The number of aromatic nitrogens is 4. The normalized spacial score (nSPS) is 10.7. The number of ketones is 1. The highest BCUT2D eigenvalue weighted by Crippen LogP contribution is 2.17. The Morgan fingerprint density at radius 3 is 1.60 bits per heavy atom. The van der Waals surface area contributed by atoms with Crippen molar-refractivity contribution >= 4 is 21.2 Å². The Labute approximate surface area is 207 Å². The second kappa shape index (κ2) is 12.8. The lowest BCUT2D eigenvalue weighted by atomic mass is 10.1. The molecule has 0 N–H and O–H groups in total. The fourth-order valence-electron chi connectivity index (χ4n) is 2.53. The Balaban J connectivity index is 0.000000264. The third kappa shape index (κ3) is 9.70. The summed E-state index contributed by atoms with van der Waals surface area (Å²) in [5, 5.41) is 10.3. The van der Waals surface area contributed by atoms with Gasteiger partial charge in [-0.15, -0.1) is 0 Å². The first-order chi connectivity index (χ1) is 16.2. The summed E-state index contributed by atoms with van der Waals surface area (Å²) in [5.41, 5.74) is 2.52. The number of ether oxygens (including phenoxy) is 2. The summed E-state index contributed by atoms with van der Waals surface area (Å²) in [7, 11) is -0.0840. The topological polar surface area (TPSA) is 113 Å². The molecule has 0 amide bonds. The van der Waals surface area contributed by atoms with Crippen molar-refractivity contribution in [3.63, 3.8) is 0 Å². The molecule has 0 atom stereocenters. The maximum atomic E-state index is 11.2. The molecule has 3 rings (SSSR count). The van der Waals surface area contributed by atoms with Crippen molar-refractivity contribution in [3.8, 4) is 11.5 Å². The minimum absolute atomic E-state index is 0.0765. The largest absolute Gasteiger partial charge is 0.497 e. The number of carbonyl (C=O) groups is 1. The number of Topliss-reactive ketones (excluding diaryl/α,β-unsaturated/α-hetero) is 1. The van der Waals surface area contributed by atoms with Crippen LogP contribution in [-0.4, -0.2) is 54.9 Å². The van der Waals surface area contributed by atoms with Crippen molar-refractivity contribution in [1.29, 1.82) is 0 Å². The van der Waals surface area contributed by atoms with Crippen LogP contribution in [0.2, 0.25) is 0 Å². The average molecular weight is 503 g/mol. The minimum Gasteiger partial charge on any atom is -0.497 e.